The summed E-state index contributed by atoms with van der Waals surface area (Å²) < 4.78 is 17.0. The minimum absolute atomic E-state index is 0.0387. The molecule has 0 atom stereocenters. The van der Waals surface area contributed by atoms with Crippen LogP contribution in [0, 0.1) is 6.92 Å². The number of aromatic nitrogens is 2. The summed E-state index contributed by atoms with van der Waals surface area (Å²) in [5, 5.41) is 0.785. The van der Waals surface area contributed by atoms with Crippen LogP contribution in [0.1, 0.15) is 28.8 Å². The molecule has 4 aromatic rings. The van der Waals surface area contributed by atoms with Gasteiger partial charge in [0.2, 0.25) is 0 Å². The zero-order valence-corrected chi connectivity index (χ0v) is 20.1. The van der Waals surface area contributed by atoms with Gasteiger partial charge in [0.05, 0.1) is 18.6 Å². The Balaban J connectivity index is 1.12. The lowest BCUT2D eigenvalue weighted by Crippen LogP contribution is -2.12. The summed E-state index contributed by atoms with van der Waals surface area (Å²) in [6.45, 7) is 3.97. The van der Waals surface area contributed by atoms with Crippen LogP contribution in [-0.2, 0) is 17.6 Å². The van der Waals surface area contributed by atoms with Crippen LogP contribution in [0.4, 0.5) is 0 Å². The number of nitrogens with zero attached hydrogens (tertiary/aromatic N) is 1. The smallest absolute Gasteiger partial charge is 0.260 e. The van der Waals surface area contributed by atoms with Crippen molar-refractivity contribution in [1.82, 2.24) is 9.97 Å². The molecule has 0 fully saturated rings. The first-order chi connectivity index (χ1) is 16.7. The van der Waals surface area contributed by atoms with E-state index in [1.807, 2.05) is 55.5 Å². The van der Waals surface area contributed by atoms with Crippen molar-refractivity contribution in [3.63, 3.8) is 0 Å². The Hall–Kier alpha value is -3.16. The zero-order valence-electron chi connectivity index (χ0n) is 19.3. The number of thiophene rings is 1. The first-order valence-electron chi connectivity index (χ1n) is 11.7. The SMILES string of the molecule is Cc1cccc(OCCOCCOc2ccc(-c3nc4sc5c(c4c(=O)[nH]3)CCCC5)cc2)c1. The molecule has 1 aliphatic carbocycles. The molecular formula is C27H28N2O4S. The van der Waals surface area contributed by atoms with Gasteiger partial charge in [0, 0.05) is 10.4 Å². The number of benzene rings is 2. The highest BCUT2D eigenvalue weighted by molar-refractivity contribution is 7.18. The van der Waals surface area contributed by atoms with Gasteiger partial charge in [0.25, 0.3) is 5.56 Å². The van der Waals surface area contributed by atoms with E-state index in [1.54, 1.807) is 11.3 Å². The van der Waals surface area contributed by atoms with E-state index in [2.05, 4.69) is 4.98 Å². The standard InChI is InChI=1S/C27H28N2O4S/c1-18-5-4-6-21(17-18)33-16-14-31-13-15-32-20-11-9-19(10-12-20)25-28-26(30)24-22-7-2-3-8-23(22)34-27(24)29-25/h4-6,9-12,17H,2-3,7-8,13-16H2,1H3,(H,28,29,30). The fraction of sp³-hybridized carbons (Fsp3) is 0.333. The molecule has 0 radical (unpaired) electrons. The fourth-order valence-electron chi connectivity index (χ4n) is 4.25. The molecule has 0 unspecified atom stereocenters. The van der Waals surface area contributed by atoms with E-state index in [1.165, 1.54) is 22.4 Å². The monoisotopic (exact) mass is 476 g/mol. The summed E-state index contributed by atoms with van der Waals surface area (Å²) in [4.78, 5) is 22.7. The van der Waals surface area contributed by atoms with Crippen molar-refractivity contribution in [1.29, 1.82) is 0 Å². The zero-order chi connectivity index (χ0) is 23.3. The summed E-state index contributed by atoms with van der Waals surface area (Å²) in [6.07, 6.45) is 4.38. The Bertz CT molecular complexity index is 1330. The summed E-state index contributed by atoms with van der Waals surface area (Å²) in [5.41, 5.74) is 3.20. The number of H-pyrrole nitrogens is 1. The lowest BCUT2D eigenvalue weighted by Gasteiger charge is -2.10. The second-order valence-corrected chi connectivity index (χ2v) is 9.54. The van der Waals surface area contributed by atoms with E-state index in [0.29, 0.717) is 32.3 Å². The van der Waals surface area contributed by atoms with Gasteiger partial charge in [-0.3, -0.25) is 4.79 Å². The van der Waals surface area contributed by atoms with Crippen molar-refractivity contribution in [2.24, 2.45) is 0 Å². The first kappa shape index (κ1) is 22.6. The van der Waals surface area contributed by atoms with E-state index < -0.39 is 0 Å². The van der Waals surface area contributed by atoms with Crippen LogP contribution in [-0.4, -0.2) is 36.4 Å². The normalized spacial score (nSPS) is 13.1. The molecule has 176 valence electrons. The third-order valence-electron chi connectivity index (χ3n) is 5.94. The van der Waals surface area contributed by atoms with Gasteiger partial charge in [-0.1, -0.05) is 12.1 Å². The number of hydrogen-bond donors (Lipinski definition) is 1. The van der Waals surface area contributed by atoms with Crippen LogP contribution in [0.15, 0.2) is 53.3 Å². The number of aromatic amines is 1. The molecule has 0 aliphatic heterocycles. The minimum Gasteiger partial charge on any atom is -0.491 e. The summed E-state index contributed by atoms with van der Waals surface area (Å²) >= 11 is 1.67. The second-order valence-electron chi connectivity index (χ2n) is 8.46. The van der Waals surface area contributed by atoms with Crippen molar-refractivity contribution < 1.29 is 14.2 Å². The number of aryl methyl sites for hydroxylation is 3. The van der Waals surface area contributed by atoms with E-state index >= 15 is 0 Å². The molecule has 0 saturated carbocycles. The molecule has 7 heteroatoms. The molecule has 1 N–H and O–H groups in total. The highest BCUT2D eigenvalue weighted by Gasteiger charge is 2.20. The molecule has 0 spiro atoms. The highest BCUT2D eigenvalue weighted by atomic mass is 32.1. The van der Waals surface area contributed by atoms with Crippen LogP contribution < -0.4 is 15.0 Å². The molecule has 0 saturated heterocycles. The molecule has 2 aromatic heterocycles. The van der Waals surface area contributed by atoms with E-state index in [-0.39, 0.29) is 5.56 Å². The lowest BCUT2D eigenvalue weighted by atomic mass is 9.97. The Kier molecular flexibility index (Phi) is 6.92. The Morgan fingerprint density at radius 3 is 2.50 bits per heavy atom. The van der Waals surface area contributed by atoms with Crippen molar-refractivity contribution in [2.45, 2.75) is 32.6 Å². The first-order valence-corrected chi connectivity index (χ1v) is 12.5. The molecule has 0 bridgehead atoms. The van der Waals surface area contributed by atoms with Gasteiger partial charge in [-0.2, -0.15) is 0 Å². The fourth-order valence-corrected chi connectivity index (χ4v) is 5.52. The van der Waals surface area contributed by atoms with Gasteiger partial charge in [-0.15, -0.1) is 11.3 Å². The quantitative estimate of drug-likeness (QED) is 0.331. The number of nitrogens with one attached hydrogen (secondary N) is 1. The predicted molar refractivity (Wildman–Crippen MR) is 135 cm³/mol. The Labute approximate surface area is 202 Å². The van der Waals surface area contributed by atoms with Crippen molar-refractivity contribution in [3.8, 4) is 22.9 Å². The maximum Gasteiger partial charge on any atom is 0.260 e. The number of ether oxygens (including phenoxy) is 3. The third kappa shape index (κ3) is 5.16. The third-order valence-corrected chi connectivity index (χ3v) is 7.12. The minimum atomic E-state index is -0.0387. The molecule has 2 aromatic carbocycles. The Morgan fingerprint density at radius 2 is 1.71 bits per heavy atom. The average molecular weight is 477 g/mol. The predicted octanol–water partition coefficient (Wildman–Crippen LogP) is 5.31. The van der Waals surface area contributed by atoms with Crippen LogP contribution in [0.3, 0.4) is 0 Å². The molecule has 0 amide bonds. The van der Waals surface area contributed by atoms with Crippen LogP contribution >= 0.6 is 11.3 Å². The van der Waals surface area contributed by atoms with Gasteiger partial charge >= 0.3 is 0 Å². The topological polar surface area (TPSA) is 73.4 Å². The summed E-state index contributed by atoms with van der Waals surface area (Å²) in [5.74, 6) is 2.20. The van der Waals surface area contributed by atoms with E-state index in [4.69, 9.17) is 19.2 Å². The number of hydrogen-bond acceptors (Lipinski definition) is 6. The largest absolute Gasteiger partial charge is 0.491 e. The molecule has 2 heterocycles. The highest BCUT2D eigenvalue weighted by Crippen LogP contribution is 2.34. The molecule has 1 aliphatic rings. The van der Waals surface area contributed by atoms with Gasteiger partial charge < -0.3 is 19.2 Å². The molecule has 6 nitrogen and oxygen atoms in total. The molecule has 5 rings (SSSR count). The molecular weight excluding hydrogens is 448 g/mol. The Morgan fingerprint density at radius 1 is 0.941 bits per heavy atom. The second kappa shape index (κ2) is 10.4. The maximum absolute atomic E-state index is 12.8. The molecule has 34 heavy (non-hydrogen) atoms. The number of fused-ring (bicyclic) bond motifs is 3. The van der Waals surface area contributed by atoms with Crippen molar-refractivity contribution in [2.75, 3.05) is 26.4 Å². The number of rotatable bonds is 9. The van der Waals surface area contributed by atoms with Gasteiger partial charge in [-0.05, 0) is 80.1 Å². The van der Waals surface area contributed by atoms with Crippen LogP contribution in [0.2, 0.25) is 0 Å². The van der Waals surface area contributed by atoms with E-state index in [0.717, 1.165) is 46.5 Å². The summed E-state index contributed by atoms with van der Waals surface area (Å²) in [7, 11) is 0. The van der Waals surface area contributed by atoms with Gasteiger partial charge in [0.15, 0.2) is 0 Å². The van der Waals surface area contributed by atoms with Gasteiger partial charge in [-0.25, -0.2) is 4.98 Å². The lowest BCUT2D eigenvalue weighted by molar-refractivity contribution is 0.0764. The van der Waals surface area contributed by atoms with E-state index in [9.17, 15) is 4.79 Å². The maximum atomic E-state index is 12.8. The van der Waals surface area contributed by atoms with Crippen molar-refractivity contribution >= 4 is 21.6 Å². The van der Waals surface area contributed by atoms with Crippen molar-refractivity contribution in [3.05, 3.63) is 74.9 Å². The van der Waals surface area contributed by atoms with Crippen LogP contribution in [0.25, 0.3) is 21.6 Å². The summed E-state index contributed by atoms with van der Waals surface area (Å²) in [6, 6.07) is 15.6. The van der Waals surface area contributed by atoms with Gasteiger partial charge in [0.1, 0.15) is 35.4 Å². The van der Waals surface area contributed by atoms with Crippen LogP contribution in [0.5, 0.6) is 11.5 Å². The average Bonchev–Trinajstić information content (AvgIpc) is 3.23.